The Morgan fingerprint density at radius 3 is 2.31 bits per heavy atom. The summed E-state index contributed by atoms with van der Waals surface area (Å²) in [5.74, 6) is 0.823. The number of aliphatic hydroxyl groups is 1. The molecule has 4 atom stereocenters. The van der Waals surface area contributed by atoms with E-state index < -0.39 is 14.6 Å². The zero-order valence-corrected chi connectivity index (χ0v) is 24.4. The summed E-state index contributed by atoms with van der Waals surface area (Å²) in [6.07, 6.45) is -0.847. The van der Waals surface area contributed by atoms with Crippen LogP contribution in [-0.4, -0.2) is 73.8 Å². The van der Waals surface area contributed by atoms with Crippen LogP contribution in [0.1, 0.15) is 26.3 Å². The van der Waals surface area contributed by atoms with E-state index in [-0.39, 0.29) is 50.2 Å². The van der Waals surface area contributed by atoms with Gasteiger partial charge in [-0.05, 0) is 0 Å². The molecule has 0 aliphatic carbocycles. The van der Waals surface area contributed by atoms with E-state index >= 15 is 0 Å². The Hall–Kier alpha value is -1.22. The minimum absolute atomic E-state index is 0.0137. The summed E-state index contributed by atoms with van der Waals surface area (Å²) in [4.78, 5) is -0.0137. The summed E-state index contributed by atoms with van der Waals surface area (Å²) in [6.45, 7) is 12.3. The number of ether oxygens (including phenoxy) is 4. The van der Waals surface area contributed by atoms with Gasteiger partial charge in [-0.25, -0.2) is 0 Å². The number of rotatable bonds is 11. The maximum absolute atomic E-state index is 9.40. The van der Waals surface area contributed by atoms with Gasteiger partial charge in [-0.3, -0.25) is 0 Å². The average Bonchev–Trinajstić information content (AvgIpc) is 2.83. The summed E-state index contributed by atoms with van der Waals surface area (Å²) < 4.78 is 32.3. The van der Waals surface area contributed by atoms with E-state index in [0.717, 1.165) is 11.3 Å². The van der Waals surface area contributed by atoms with E-state index in [9.17, 15) is 5.11 Å². The fourth-order valence-electron chi connectivity index (χ4n) is 3.56. The van der Waals surface area contributed by atoms with Crippen molar-refractivity contribution in [3.63, 3.8) is 0 Å². The molecule has 0 saturated carbocycles. The Bertz CT molecular complexity index is 887. The SMILES string of the molecule is COc1ccc(CO[C@@H]2CO[C@H](OCCO)[C@@H]([Se]c3ccccc3)[C@H]2O[Si](C)(C)C(C)(C)C)cc1. The first-order valence-corrected chi connectivity index (χ1v) is 16.9. The second-order valence-corrected chi connectivity index (χ2v) is 17.6. The molecular formula is C27H40O6SeSi. The average molecular weight is 568 g/mol. The molecule has 1 aliphatic rings. The summed E-state index contributed by atoms with van der Waals surface area (Å²) in [5.41, 5.74) is 1.07. The number of hydrogen-bond acceptors (Lipinski definition) is 6. The van der Waals surface area contributed by atoms with Crippen molar-refractivity contribution in [3.8, 4) is 5.75 Å². The molecule has 3 rings (SSSR count). The molecule has 1 heterocycles. The molecule has 2 aromatic rings. The molecule has 0 unspecified atom stereocenters. The zero-order valence-electron chi connectivity index (χ0n) is 21.7. The molecular weight excluding hydrogens is 527 g/mol. The zero-order chi connectivity index (χ0) is 25.5. The topological polar surface area (TPSA) is 66.4 Å². The van der Waals surface area contributed by atoms with Crippen LogP contribution in [0.2, 0.25) is 22.9 Å². The molecule has 1 N–H and O–H groups in total. The van der Waals surface area contributed by atoms with Gasteiger partial charge in [0.2, 0.25) is 0 Å². The first-order valence-electron chi connectivity index (χ1n) is 12.1. The number of benzene rings is 2. The van der Waals surface area contributed by atoms with Crippen molar-refractivity contribution in [1.82, 2.24) is 0 Å². The van der Waals surface area contributed by atoms with Gasteiger partial charge in [0.1, 0.15) is 0 Å². The second-order valence-electron chi connectivity index (χ2n) is 10.2. The van der Waals surface area contributed by atoms with Gasteiger partial charge in [-0.1, -0.05) is 0 Å². The standard InChI is InChI=1S/C27H40O6SeSi/c1-27(2,3)35(5,6)33-24-23(31-18-20-12-14-21(29-4)15-13-20)19-32-26(30-17-16-28)25(24)34-22-10-8-7-9-11-22/h7-15,23-26,28H,16-19H2,1-6H3/t23-,24+,25+,26+/m1/s1. The van der Waals surface area contributed by atoms with Crippen LogP contribution in [0.25, 0.3) is 0 Å². The van der Waals surface area contributed by atoms with Crippen molar-refractivity contribution in [2.24, 2.45) is 0 Å². The Labute approximate surface area is 217 Å². The summed E-state index contributed by atoms with van der Waals surface area (Å²) in [6, 6.07) is 18.4. The molecule has 6 nitrogen and oxygen atoms in total. The van der Waals surface area contributed by atoms with Crippen molar-refractivity contribution < 1.29 is 28.5 Å². The molecule has 8 heteroatoms. The maximum atomic E-state index is 9.40. The molecule has 0 aromatic heterocycles. The third-order valence-corrected chi connectivity index (χ3v) is 13.8. The summed E-state index contributed by atoms with van der Waals surface area (Å²) >= 11 is 0.0244. The van der Waals surface area contributed by atoms with Gasteiger partial charge in [0.15, 0.2) is 0 Å². The Morgan fingerprint density at radius 2 is 1.71 bits per heavy atom. The van der Waals surface area contributed by atoms with Gasteiger partial charge in [0, 0.05) is 0 Å². The van der Waals surface area contributed by atoms with Crippen LogP contribution >= 0.6 is 0 Å². The van der Waals surface area contributed by atoms with E-state index in [1.807, 2.05) is 30.3 Å². The number of aliphatic hydroxyl groups excluding tert-OH is 1. The number of methoxy groups -OCH3 is 1. The summed E-state index contributed by atoms with van der Waals surface area (Å²) in [5, 5.41) is 9.45. The Morgan fingerprint density at radius 1 is 1.03 bits per heavy atom. The van der Waals surface area contributed by atoms with E-state index in [1.54, 1.807) is 7.11 Å². The molecule has 0 amide bonds. The first kappa shape index (κ1) is 28.3. The van der Waals surface area contributed by atoms with Crippen molar-refractivity contribution >= 4 is 27.7 Å². The minimum atomic E-state index is -2.12. The monoisotopic (exact) mass is 568 g/mol. The predicted molar refractivity (Wildman–Crippen MR) is 142 cm³/mol. The number of hydrogen-bond donors (Lipinski definition) is 1. The third kappa shape index (κ3) is 7.88. The van der Waals surface area contributed by atoms with Gasteiger partial charge < -0.3 is 0 Å². The molecule has 1 fully saturated rings. The third-order valence-electron chi connectivity index (χ3n) is 6.63. The van der Waals surface area contributed by atoms with Gasteiger partial charge >= 0.3 is 218 Å². The van der Waals surface area contributed by atoms with Crippen LogP contribution in [-0.2, 0) is 25.2 Å². The van der Waals surface area contributed by atoms with Gasteiger partial charge in [0.25, 0.3) is 0 Å². The molecule has 0 radical (unpaired) electrons. The van der Waals surface area contributed by atoms with Crippen LogP contribution in [0, 0.1) is 0 Å². The van der Waals surface area contributed by atoms with E-state index in [4.69, 9.17) is 23.4 Å². The van der Waals surface area contributed by atoms with E-state index in [2.05, 4.69) is 58.1 Å². The van der Waals surface area contributed by atoms with E-state index in [0.29, 0.717) is 13.2 Å². The van der Waals surface area contributed by atoms with Crippen LogP contribution in [0.3, 0.4) is 0 Å². The predicted octanol–water partition coefficient (Wildman–Crippen LogP) is 4.15. The summed E-state index contributed by atoms with van der Waals surface area (Å²) in [7, 11) is -0.457. The van der Waals surface area contributed by atoms with Crippen LogP contribution in [0.5, 0.6) is 5.75 Å². The van der Waals surface area contributed by atoms with Gasteiger partial charge in [-0.15, -0.1) is 0 Å². The van der Waals surface area contributed by atoms with Crippen molar-refractivity contribution in [3.05, 3.63) is 60.2 Å². The molecule has 35 heavy (non-hydrogen) atoms. The van der Waals surface area contributed by atoms with Crippen molar-refractivity contribution in [1.29, 1.82) is 0 Å². The molecule has 1 aliphatic heterocycles. The fraction of sp³-hybridized carbons (Fsp3) is 0.556. The van der Waals surface area contributed by atoms with Crippen LogP contribution in [0.4, 0.5) is 0 Å². The molecule has 0 bridgehead atoms. The molecule has 0 spiro atoms. The molecule has 1 saturated heterocycles. The molecule has 194 valence electrons. The first-order chi connectivity index (χ1) is 16.6. The van der Waals surface area contributed by atoms with Gasteiger partial charge in [-0.2, -0.15) is 0 Å². The van der Waals surface area contributed by atoms with E-state index in [1.165, 1.54) is 4.46 Å². The van der Waals surface area contributed by atoms with Crippen LogP contribution < -0.4 is 9.20 Å². The Balaban J connectivity index is 1.87. The second kappa shape index (κ2) is 12.8. The Kier molecular flexibility index (Phi) is 10.4. The fourth-order valence-corrected chi connectivity index (χ4v) is 7.76. The quantitative estimate of drug-likeness (QED) is 0.412. The van der Waals surface area contributed by atoms with Gasteiger partial charge in [0.05, 0.1) is 0 Å². The molecule has 2 aromatic carbocycles. The van der Waals surface area contributed by atoms with Crippen molar-refractivity contribution in [2.45, 2.75) is 68.8 Å². The van der Waals surface area contributed by atoms with Crippen LogP contribution in [0.15, 0.2) is 54.6 Å². The normalized spacial score (nSPS) is 23.3. The van der Waals surface area contributed by atoms with Crippen molar-refractivity contribution in [2.75, 3.05) is 26.9 Å².